The van der Waals surface area contributed by atoms with Crippen molar-refractivity contribution in [3.05, 3.63) is 130 Å². The van der Waals surface area contributed by atoms with Gasteiger partial charge in [0.05, 0.1) is 0 Å². The third-order valence-electron chi connectivity index (χ3n) is 5.93. The molecule has 0 fully saturated rings. The van der Waals surface area contributed by atoms with Crippen LogP contribution in [0.5, 0.6) is 0 Å². The zero-order chi connectivity index (χ0) is 23.5. The molecule has 0 aromatic heterocycles. The molecule has 2 amide bonds. The van der Waals surface area contributed by atoms with Gasteiger partial charge in [0.15, 0.2) is 5.78 Å². The van der Waals surface area contributed by atoms with E-state index in [0.717, 1.165) is 22.3 Å². The van der Waals surface area contributed by atoms with Crippen LogP contribution in [0.4, 0.5) is 0 Å². The molecule has 0 bridgehead atoms. The molecule has 0 heterocycles. The molecule has 34 heavy (non-hydrogen) atoms. The van der Waals surface area contributed by atoms with Crippen molar-refractivity contribution in [1.82, 2.24) is 10.6 Å². The van der Waals surface area contributed by atoms with Crippen molar-refractivity contribution < 1.29 is 14.4 Å². The summed E-state index contributed by atoms with van der Waals surface area (Å²) in [6.45, 7) is 0.818. The summed E-state index contributed by atoms with van der Waals surface area (Å²) in [5.41, 5.74) is 5.35. The highest BCUT2D eigenvalue weighted by molar-refractivity contribution is 6.23. The van der Waals surface area contributed by atoms with Crippen LogP contribution in [0.25, 0.3) is 11.1 Å². The maximum atomic E-state index is 13.1. The number of amides is 2. The molecule has 0 radical (unpaired) electrons. The van der Waals surface area contributed by atoms with Gasteiger partial charge in [-0.1, -0.05) is 72.8 Å². The second-order valence-electron chi connectivity index (χ2n) is 8.19. The van der Waals surface area contributed by atoms with Crippen molar-refractivity contribution in [3.63, 3.8) is 0 Å². The molecule has 1 aliphatic rings. The van der Waals surface area contributed by atoms with E-state index in [1.165, 1.54) is 0 Å². The standard InChI is InChI=1S/C29H22N2O3/c32-27-25-15-21(28(33)30-17-19-7-3-1-4-8-19)11-13-23(25)24-14-12-22(16-26(24)27)29(34)31-18-20-9-5-2-6-10-20/h1-16H,17-18H2,(H,30,33)(H,31,34). The van der Waals surface area contributed by atoms with E-state index in [0.29, 0.717) is 35.3 Å². The van der Waals surface area contributed by atoms with Gasteiger partial charge in [0.2, 0.25) is 0 Å². The molecule has 4 aromatic rings. The third-order valence-corrected chi connectivity index (χ3v) is 5.93. The number of fused-ring (bicyclic) bond motifs is 3. The minimum Gasteiger partial charge on any atom is -0.348 e. The number of benzene rings is 4. The molecule has 0 unspecified atom stereocenters. The van der Waals surface area contributed by atoms with Crippen molar-refractivity contribution in [2.45, 2.75) is 13.1 Å². The normalized spacial score (nSPS) is 11.5. The summed E-state index contributed by atoms with van der Waals surface area (Å²) in [5.74, 6) is -0.659. The third kappa shape index (κ3) is 4.24. The number of carbonyl (C=O) groups is 3. The predicted molar refractivity (Wildman–Crippen MR) is 131 cm³/mol. The summed E-state index contributed by atoms with van der Waals surface area (Å²) in [7, 11) is 0. The molecule has 5 rings (SSSR count). The Labute approximate surface area is 197 Å². The molecule has 166 valence electrons. The summed E-state index contributed by atoms with van der Waals surface area (Å²) in [6, 6.07) is 29.6. The van der Waals surface area contributed by atoms with Gasteiger partial charge in [-0.25, -0.2) is 0 Å². The number of rotatable bonds is 6. The molecule has 2 N–H and O–H groups in total. The SMILES string of the molecule is O=C(NCc1ccccc1)c1ccc2c(c1)C(=O)c1cc(C(=O)NCc3ccccc3)ccc1-2. The van der Waals surface area contributed by atoms with Gasteiger partial charge >= 0.3 is 0 Å². The molecular weight excluding hydrogens is 424 g/mol. The Morgan fingerprint density at radius 3 is 1.35 bits per heavy atom. The minimum atomic E-state index is -0.239. The molecule has 4 aromatic carbocycles. The summed E-state index contributed by atoms with van der Waals surface area (Å²) in [5, 5.41) is 5.78. The highest BCUT2D eigenvalue weighted by atomic mass is 16.2. The van der Waals surface area contributed by atoms with Crippen molar-refractivity contribution in [3.8, 4) is 11.1 Å². The summed E-state index contributed by atoms with van der Waals surface area (Å²) in [6.07, 6.45) is 0. The first-order chi connectivity index (χ1) is 16.6. The predicted octanol–water partition coefficient (Wildman–Crippen LogP) is 4.76. The lowest BCUT2D eigenvalue weighted by Crippen LogP contribution is -2.23. The number of nitrogens with one attached hydrogen (secondary N) is 2. The number of hydrogen-bond donors (Lipinski definition) is 2. The van der Waals surface area contributed by atoms with Crippen LogP contribution in [0.2, 0.25) is 0 Å². The van der Waals surface area contributed by atoms with Gasteiger partial charge in [-0.05, 0) is 46.5 Å². The fraction of sp³-hybridized carbons (Fsp3) is 0.0690. The van der Waals surface area contributed by atoms with Gasteiger partial charge in [-0.2, -0.15) is 0 Å². The van der Waals surface area contributed by atoms with Crippen LogP contribution in [0.1, 0.15) is 47.8 Å². The first kappa shape index (κ1) is 21.3. The summed E-state index contributed by atoms with van der Waals surface area (Å²) >= 11 is 0. The van der Waals surface area contributed by atoms with Crippen LogP contribution in [-0.2, 0) is 13.1 Å². The van der Waals surface area contributed by atoms with E-state index in [9.17, 15) is 14.4 Å². The van der Waals surface area contributed by atoms with E-state index < -0.39 is 0 Å². The number of hydrogen-bond acceptors (Lipinski definition) is 3. The summed E-state index contributed by atoms with van der Waals surface area (Å²) < 4.78 is 0. The summed E-state index contributed by atoms with van der Waals surface area (Å²) in [4.78, 5) is 38.4. The largest absolute Gasteiger partial charge is 0.348 e. The zero-order valence-electron chi connectivity index (χ0n) is 18.4. The first-order valence-electron chi connectivity index (χ1n) is 11.1. The number of carbonyl (C=O) groups excluding carboxylic acids is 3. The molecule has 0 atom stereocenters. The molecule has 5 heteroatoms. The maximum absolute atomic E-state index is 13.1. The molecule has 0 aliphatic heterocycles. The van der Waals surface area contributed by atoms with Gasteiger partial charge in [-0.15, -0.1) is 0 Å². The Bertz CT molecular complexity index is 1290. The van der Waals surface area contributed by atoms with E-state index in [1.807, 2.05) is 60.7 Å². The Morgan fingerprint density at radius 2 is 0.941 bits per heavy atom. The molecular formula is C29H22N2O3. The Morgan fingerprint density at radius 1 is 0.529 bits per heavy atom. The first-order valence-corrected chi connectivity index (χ1v) is 11.1. The average molecular weight is 447 g/mol. The highest BCUT2D eigenvalue weighted by Gasteiger charge is 2.28. The number of ketones is 1. The fourth-order valence-electron chi connectivity index (χ4n) is 4.12. The smallest absolute Gasteiger partial charge is 0.251 e. The van der Waals surface area contributed by atoms with Gasteiger partial charge in [0.1, 0.15) is 0 Å². The minimum absolute atomic E-state index is 0.180. The molecule has 5 nitrogen and oxygen atoms in total. The fourth-order valence-corrected chi connectivity index (χ4v) is 4.12. The van der Waals surface area contributed by atoms with Gasteiger partial charge in [-0.3, -0.25) is 14.4 Å². The second kappa shape index (κ2) is 9.16. The van der Waals surface area contributed by atoms with Crippen LogP contribution >= 0.6 is 0 Å². The van der Waals surface area contributed by atoms with Gasteiger partial charge in [0, 0.05) is 35.3 Å². The zero-order valence-corrected chi connectivity index (χ0v) is 18.4. The van der Waals surface area contributed by atoms with Crippen LogP contribution in [0, 0.1) is 0 Å². The lowest BCUT2D eigenvalue weighted by molar-refractivity contribution is 0.0943. The van der Waals surface area contributed by atoms with Crippen molar-refractivity contribution in [2.24, 2.45) is 0 Å². The quantitative estimate of drug-likeness (QED) is 0.395. The van der Waals surface area contributed by atoms with E-state index in [2.05, 4.69) is 10.6 Å². The lowest BCUT2D eigenvalue weighted by Gasteiger charge is -2.07. The molecule has 0 saturated carbocycles. The van der Waals surface area contributed by atoms with Crippen molar-refractivity contribution >= 4 is 17.6 Å². The van der Waals surface area contributed by atoms with Crippen LogP contribution < -0.4 is 10.6 Å². The van der Waals surface area contributed by atoms with Gasteiger partial charge < -0.3 is 10.6 Å². The topological polar surface area (TPSA) is 75.3 Å². The molecule has 0 spiro atoms. The lowest BCUT2D eigenvalue weighted by atomic mass is 10.0. The monoisotopic (exact) mass is 446 g/mol. The maximum Gasteiger partial charge on any atom is 0.251 e. The molecule has 1 aliphatic carbocycles. The Hall–Kier alpha value is -4.51. The van der Waals surface area contributed by atoms with Gasteiger partial charge in [0.25, 0.3) is 11.8 Å². The van der Waals surface area contributed by atoms with E-state index in [4.69, 9.17) is 0 Å². The van der Waals surface area contributed by atoms with E-state index in [1.54, 1.807) is 36.4 Å². The Kier molecular flexibility index (Phi) is 5.75. The highest BCUT2D eigenvalue weighted by Crippen LogP contribution is 2.37. The van der Waals surface area contributed by atoms with Crippen molar-refractivity contribution in [2.75, 3.05) is 0 Å². The second-order valence-corrected chi connectivity index (χ2v) is 8.19. The Balaban J connectivity index is 1.31. The van der Waals surface area contributed by atoms with Crippen LogP contribution in [0.15, 0.2) is 97.1 Å². The van der Waals surface area contributed by atoms with E-state index >= 15 is 0 Å². The van der Waals surface area contributed by atoms with Crippen molar-refractivity contribution in [1.29, 1.82) is 0 Å². The van der Waals surface area contributed by atoms with Crippen LogP contribution in [0.3, 0.4) is 0 Å². The average Bonchev–Trinajstić information content (AvgIpc) is 3.17. The molecule has 0 saturated heterocycles. The van der Waals surface area contributed by atoms with E-state index in [-0.39, 0.29) is 17.6 Å². The van der Waals surface area contributed by atoms with Crippen LogP contribution in [-0.4, -0.2) is 17.6 Å².